The number of aliphatic hydroxyl groups excluding tert-OH is 1. The molecule has 2 aromatic rings. The molecule has 1 saturated carbocycles. The first kappa shape index (κ1) is 20.1. The average molecular weight is 384 g/mol. The van der Waals surface area contributed by atoms with Crippen LogP contribution >= 0.6 is 0 Å². The minimum atomic E-state index is -1.07. The Labute approximate surface area is 164 Å². The highest BCUT2D eigenvalue weighted by Crippen LogP contribution is 2.25. The van der Waals surface area contributed by atoms with E-state index in [1.165, 1.54) is 5.92 Å². The highest BCUT2D eigenvalue weighted by atomic mass is 16.5. The standard InChI is InChI=1S/C20H22N3O5/c24-13-16-8-18(10-19(9-16)28-14-20(25)26)27-7-3-6-17-12-23(22-21-17)11-15-4-1-2-5-15/h1-2,4-5,8-10,12,24H,3,6-7,11,13-14H2,(H,25,26). The van der Waals surface area contributed by atoms with Crippen molar-refractivity contribution in [3.05, 3.63) is 67.3 Å². The number of aliphatic hydroxyl groups is 1. The smallest absolute Gasteiger partial charge is 0.341 e. The third-order valence-electron chi connectivity index (χ3n) is 3.99. The number of carboxylic acids is 1. The summed E-state index contributed by atoms with van der Waals surface area (Å²) in [6, 6.07) is 4.89. The molecule has 1 aromatic carbocycles. The van der Waals surface area contributed by atoms with E-state index in [0.717, 1.165) is 18.5 Å². The van der Waals surface area contributed by atoms with E-state index in [1.54, 1.807) is 18.2 Å². The van der Waals surface area contributed by atoms with Crippen LogP contribution in [0.1, 0.15) is 17.7 Å². The number of carboxylic acid groups (broad SMARTS) is 1. The monoisotopic (exact) mass is 384 g/mol. The molecule has 28 heavy (non-hydrogen) atoms. The molecule has 8 nitrogen and oxygen atoms in total. The van der Waals surface area contributed by atoms with Crippen LogP contribution in [0.5, 0.6) is 11.5 Å². The first-order valence-corrected chi connectivity index (χ1v) is 8.94. The Hall–Kier alpha value is -2.61. The van der Waals surface area contributed by atoms with Gasteiger partial charge in [-0.25, -0.2) is 4.79 Å². The topological polar surface area (TPSA) is 107 Å². The van der Waals surface area contributed by atoms with Gasteiger partial charge in [0.1, 0.15) is 11.5 Å². The molecule has 1 aliphatic rings. The van der Waals surface area contributed by atoms with Crippen LogP contribution in [0.15, 0.2) is 24.4 Å². The Kier molecular flexibility index (Phi) is 7.25. The number of ether oxygens (including phenoxy) is 2. The van der Waals surface area contributed by atoms with Gasteiger partial charge in [-0.05, 0) is 56.2 Å². The molecule has 0 amide bonds. The van der Waals surface area contributed by atoms with Crippen molar-refractivity contribution in [2.75, 3.05) is 13.2 Å². The Morgan fingerprint density at radius 1 is 1.11 bits per heavy atom. The quantitative estimate of drug-likeness (QED) is 0.567. The maximum absolute atomic E-state index is 10.6. The Morgan fingerprint density at radius 3 is 2.57 bits per heavy atom. The van der Waals surface area contributed by atoms with Gasteiger partial charge in [0.2, 0.25) is 0 Å². The molecule has 1 heterocycles. The predicted octanol–water partition coefficient (Wildman–Crippen LogP) is 1.65. The molecule has 5 radical (unpaired) electrons. The lowest BCUT2D eigenvalue weighted by atomic mass is 10.1. The molecule has 0 saturated heterocycles. The molecule has 1 fully saturated rings. The van der Waals surface area contributed by atoms with Crippen LogP contribution in [-0.4, -0.2) is 44.4 Å². The average Bonchev–Trinajstić information content (AvgIpc) is 3.36. The summed E-state index contributed by atoms with van der Waals surface area (Å²) in [4.78, 5) is 10.6. The Bertz CT molecular complexity index is 771. The summed E-state index contributed by atoms with van der Waals surface area (Å²) < 4.78 is 12.7. The second-order valence-electron chi connectivity index (χ2n) is 6.31. The summed E-state index contributed by atoms with van der Waals surface area (Å²) >= 11 is 0. The summed E-state index contributed by atoms with van der Waals surface area (Å²) in [5.74, 6) is 0.985. The van der Waals surface area contributed by atoms with Gasteiger partial charge in [0, 0.05) is 24.7 Å². The molecule has 3 rings (SSSR count). The van der Waals surface area contributed by atoms with Crippen molar-refractivity contribution in [1.82, 2.24) is 15.0 Å². The first-order chi connectivity index (χ1) is 13.6. The lowest BCUT2D eigenvalue weighted by molar-refractivity contribution is -0.139. The second-order valence-corrected chi connectivity index (χ2v) is 6.31. The highest BCUT2D eigenvalue weighted by Gasteiger charge is 2.17. The highest BCUT2D eigenvalue weighted by molar-refractivity contribution is 5.68. The van der Waals surface area contributed by atoms with E-state index in [0.29, 0.717) is 30.2 Å². The van der Waals surface area contributed by atoms with Crippen molar-refractivity contribution < 1.29 is 24.5 Å². The molecular formula is C20H22N3O5. The van der Waals surface area contributed by atoms with Crippen LogP contribution in [0.3, 0.4) is 0 Å². The van der Waals surface area contributed by atoms with Gasteiger partial charge >= 0.3 is 5.97 Å². The predicted molar refractivity (Wildman–Crippen MR) is 99.8 cm³/mol. The number of aliphatic carboxylic acids is 1. The second kappa shape index (κ2) is 10.1. The number of rotatable bonds is 11. The van der Waals surface area contributed by atoms with E-state index < -0.39 is 12.6 Å². The summed E-state index contributed by atoms with van der Waals surface area (Å²) in [6.45, 7) is 0.508. The summed E-state index contributed by atoms with van der Waals surface area (Å²) in [5, 5.41) is 26.3. The molecule has 0 bridgehead atoms. The van der Waals surface area contributed by atoms with Gasteiger partial charge in [-0.1, -0.05) is 5.21 Å². The summed E-state index contributed by atoms with van der Waals surface area (Å²) in [7, 11) is 0. The van der Waals surface area contributed by atoms with Crippen molar-refractivity contribution >= 4 is 5.97 Å². The molecule has 0 atom stereocenters. The normalized spacial score (nSPS) is 14.3. The fourth-order valence-corrected chi connectivity index (χ4v) is 2.71. The Morgan fingerprint density at radius 2 is 1.86 bits per heavy atom. The molecule has 147 valence electrons. The molecule has 0 spiro atoms. The number of aromatic nitrogens is 3. The SMILES string of the molecule is O=C(O)COc1cc(CO)cc(OCCCc2cn(C[C]3[CH][CH][CH][CH]3)nn2)c1. The molecular weight excluding hydrogens is 362 g/mol. The van der Waals surface area contributed by atoms with Crippen molar-refractivity contribution in [2.24, 2.45) is 0 Å². The number of aryl methyl sites for hydroxylation is 1. The Balaban J connectivity index is 1.44. The van der Waals surface area contributed by atoms with E-state index in [2.05, 4.69) is 10.3 Å². The van der Waals surface area contributed by atoms with Crippen molar-refractivity contribution in [2.45, 2.75) is 26.0 Å². The van der Waals surface area contributed by atoms with Gasteiger partial charge in [0.05, 0.1) is 18.9 Å². The lowest BCUT2D eigenvalue weighted by Crippen LogP contribution is -2.10. The van der Waals surface area contributed by atoms with E-state index in [-0.39, 0.29) is 6.61 Å². The number of hydrogen-bond acceptors (Lipinski definition) is 6. The largest absolute Gasteiger partial charge is 0.493 e. The zero-order valence-electron chi connectivity index (χ0n) is 15.3. The molecule has 1 aliphatic carbocycles. The van der Waals surface area contributed by atoms with E-state index in [4.69, 9.17) is 14.6 Å². The van der Waals surface area contributed by atoms with Crippen LogP contribution in [0, 0.1) is 31.6 Å². The minimum absolute atomic E-state index is 0.187. The maximum atomic E-state index is 10.6. The third kappa shape index (κ3) is 6.23. The van der Waals surface area contributed by atoms with Crippen LogP contribution in [-0.2, 0) is 24.4 Å². The molecule has 2 N–H and O–H groups in total. The zero-order chi connectivity index (χ0) is 19.8. The van der Waals surface area contributed by atoms with Crippen LogP contribution in [0.25, 0.3) is 0 Å². The van der Waals surface area contributed by atoms with Gasteiger partial charge in [0.15, 0.2) is 6.61 Å². The molecule has 0 unspecified atom stereocenters. The van der Waals surface area contributed by atoms with E-state index in [9.17, 15) is 9.90 Å². The van der Waals surface area contributed by atoms with E-state index in [1.807, 2.05) is 36.6 Å². The zero-order valence-corrected chi connectivity index (χ0v) is 15.3. The van der Waals surface area contributed by atoms with Crippen molar-refractivity contribution in [3.63, 3.8) is 0 Å². The summed E-state index contributed by atoms with van der Waals surface area (Å²) in [6.07, 6.45) is 11.5. The number of benzene rings is 1. The lowest BCUT2D eigenvalue weighted by Gasteiger charge is -2.10. The van der Waals surface area contributed by atoms with E-state index >= 15 is 0 Å². The van der Waals surface area contributed by atoms with Crippen LogP contribution in [0.4, 0.5) is 0 Å². The van der Waals surface area contributed by atoms with Gasteiger partial charge in [-0.2, -0.15) is 0 Å². The van der Waals surface area contributed by atoms with Gasteiger partial charge in [-0.3, -0.25) is 4.68 Å². The van der Waals surface area contributed by atoms with Crippen LogP contribution in [0.2, 0.25) is 0 Å². The van der Waals surface area contributed by atoms with Crippen LogP contribution < -0.4 is 9.47 Å². The number of hydrogen-bond donors (Lipinski definition) is 2. The maximum Gasteiger partial charge on any atom is 0.341 e. The van der Waals surface area contributed by atoms with Gasteiger partial charge in [0.25, 0.3) is 0 Å². The summed E-state index contributed by atoms with van der Waals surface area (Å²) in [5.41, 5.74) is 1.48. The number of nitrogens with zero attached hydrogens (tertiary/aromatic N) is 3. The molecule has 0 aliphatic heterocycles. The third-order valence-corrected chi connectivity index (χ3v) is 3.99. The molecule has 8 heteroatoms. The fraction of sp³-hybridized carbons (Fsp3) is 0.300. The number of carbonyl (C=O) groups is 1. The van der Waals surface area contributed by atoms with Gasteiger partial charge in [-0.15, -0.1) is 5.10 Å². The molecule has 1 aromatic heterocycles. The first-order valence-electron chi connectivity index (χ1n) is 8.94. The fourth-order valence-electron chi connectivity index (χ4n) is 2.71. The minimum Gasteiger partial charge on any atom is -0.493 e. The van der Waals surface area contributed by atoms with Crippen molar-refractivity contribution in [1.29, 1.82) is 0 Å². The van der Waals surface area contributed by atoms with Crippen molar-refractivity contribution in [3.8, 4) is 11.5 Å². The van der Waals surface area contributed by atoms with Gasteiger partial charge < -0.3 is 19.7 Å².